The molecule has 0 aliphatic carbocycles. The lowest BCUT2D eigenvalue weighted by Gasteiger charge is -2.09. The van der Waals surface area contributed by atoms with Crippen molar-refractivity contribution < 1.29 is 9.50 Å². The molecule has 4 heteroatoms. The van der Waals surface area contributed by atoms with Crippen molar-refractivity contribution in [2.24, 2.45) is 0 Å². The summed E-state index contributed by atoms with van der Waals surface area (Å²) in [5.74, 6) is -0.588. The number of phenolic OH excluding ortho intramolecular Hbond substituents is 1. The molecule has 0 fully saturated rings. The molecule has 0 aliphatic heterocycles. The van der Waals surface area contributed by atoms with Crippen molar-refractivity contribution in [1.82, 2.24) is 5.32 Å². The SMILES string of the molecule is CNCc1c(O)c(Cl)cc(C)c1F. The molecular formula is C9H11ClFNO. The molecule has 0 saturated heterocycles. The molecule has 0 amide bonds. The zero-order valence-corrected chi connectivity index (χ0v) is 8.24. The fourth-order valence-electron chi connectivity index (χ4n) is 1.15. The van der Waals surface area contributed by atoms with E-state index in [1.54, 1.807) is 14.0 Å². The van der Waals surface area contributed by atoms with Gasteiger partial charge in [-0.15, -0.1) is 0 Å². The van der Waals surface area contributed by atoms with Crippen molar-refractivity contribution in [2.75, 3.05) is 7.05 Å². The summed E-state index contributed by atoms with van der Waals surface area (Å²) in [6, 6.07) is 1.41. The number of phenols is 1. The second-order valence-corrected chi connectivity index (χ2v) is 3.25. The van der Waals surface area contributed by atoms with E-state index < -0.39 is 5.82 Å². The Morgan fingerprint density at radius 2 is 2.23 bits per heavy atom. The number of hydrogen-bond acceptors (Lipinski definition) is 2. The highest BCUT2D eigenvalue weighted by molar-refractivity contribution is 6.32. The monoisotopic (exact) mass is 203 g/mol. The number of hydrogen-bond donors (Lipinski definition) is 2. The van der Waals surface area contributed by atoms with Crippen LogP contribution in [0.5, 0.6) is 5.75 Å². The second kappa shape index (κ2) is 3.94. The molecule has 0 saturated carbocycles. The van der Waals surface area contributed by atoms with E-state index >= 15 is 0 Å². The van der Waals surface area contributed by atoms with E-state index in [-0.39, 0.29) is 22.9 Å². The first-order chi connectivity index (χ1) is 6.07. The van der Waals surface area contributed by atoms with Crippen LogP contribution >= 0.6 is 11.6 Å². The highest BCUT2D eigenvalue weighted by atomic mass is 35.5. The average Bonchev–Trinajstić information content (AvgIpc) is 2.09. The second-order valence-electron chi connectivity index (χ2n) is 2.85. The van der Waals surface area contributed by atoms with Crippen molar-refractivity contribution in [3.05, 3.63) is 28.0 Å². The van der Waals surface area contributed by atoms with Gasteiger partial charge in [0.1, 0.15) is 11.6 Å². The quantitative estimate of drug-likeness (QED) is 0.773. The lowest BCUT2D eigenvalue weighted by atomic mass is 10.1. The topological polar surface area (TPSA) is 32.3 Å². The van der Waals surface area contributed by atoms with Crippen molar-refractivity contribution in [3.8, 4) is 5.75 Å². The summed E-state index contributed by atoms with van der Waals surface area (Å²) in [5.41, 5.74) is 0.653. The van der Waals surface area contributed by atoms with Gasteiger partial charge in [-0.3, -0.25) is 0 Å². The third kappa shape index (κ3) is 1.92. The summed E-state index contributed by atoms with van der Waals surface area (Å²) in [6.45, 7) is 1.87. The fraction of sp³-hybridized carbons (Fsp3) is 0.333. The van der Waals surface area contributed by atoms with E-state index in [0.29, 0.717) is 5.56 Å². The molecule has 1 aromatic rings. The van der Waals surface area contributed by atoms with Gasteiger partial charge in [0, 0.05) is 12.1 Å². The maximum atomic E-state index is 13.4. The van der Waals surface area contributed by atoms with Crippen LogP contribution in [0.15, 0.2) is 6.07 Å². The first-order valence-corrected chi connectivity index (χ1v) is 4.26. The Morgan fingerprint density at radius 3 is 2.77 bits per heavy atom. The summed E-state index contributed by atoms with van der Waals surface area (Å²) in [6.07, 6.45) is 0. The molecule has 0 atom stereocenters. The fourth-order valence-corrected chi connectivity index (χ4v) is 1.42. The van der Waals surface area contributed by atoms with Crippen molar-refractivity contribution in [2.45, 2.75) is 13.5 Å². The molecule has 0 heterocycles. The van der Waals surface area contributed by atoms with Gasteiger partial charge in [0.25, 0.3) is 0 Å². The van der Waals surface area contributed by atoms with Crippen LogP contribution in [0.1, 0.15) is 11.1 Å². The van der Waals surface area contributed by atoms with E-state index in [9.17, 15) is 9.50 Å². The number of rotatable bonds is 2. The predicted molar refractivity (Wildman–Crippen MR) is 50.6 cm³/mol. The number of aromatic hydroxyl groups is 1. The smallest absolute Gasteiger partial charge is 0.141 e. The highest BCUT2D eigenvalue weighted by Gasteiger charge is 2.13. The molecule has 0 unspecified atom stereocenters. The average molecular weight is 204 g/mol. The lowest BCUT2D eigenvalue weighted by molar-refractivity contribution is 0.455. The minimum Gasteiger partial charge on any atom is -0.506 e. The summed E-state index contributed by atoms with van der Waals surface area (Å²) >= 11 is 5.68. The van der Waals surface area contributed by atoms with E-state index in [1.165, 1.54) is 6.07 Å². The van der Waals surface area contributed by atoms with Crippen LogP contribution in [0, 0.1) is 12.7 Å². The van der Waals surface area contributed by atoms with E-state index in [2.05, 4.69) is 5.32 Å². The zero-order chi connectivity index (χ0) is 10.0. The Bertz CT molecular complexity index is 302. The highest BCUT2D eigenvalue weighted by Crippen LogP contribution is 2.31. The first kappa shape index (κ1) is 10.3. The van der Waals surface area contributed by atoms with Crippen LogP contribution in [0.25, 0.3) is 0 Å². The Balaban J connectivity index is 3.28. The van der Waals surface area contributed by atoms with Gasteiger partial charge in [0.15, 0.2) is 0 Å². The van der Waals surface area contributed by atoms with Crippen molar-refractivity contribution in [3.63, 3.8) is 0 Å². The molecule has 1 aromatic carbocycles. The molecule has 0 aromatic heterocycles. The van der Waals surface area contributed by atoms with Gasteiger partial charge in [-0.05, 0) is 25.6 Å². The summed E-state index contributed by atoms with van der Waals surface area (Å²) in [5, 5.41) is 12.4. The third-order valence-corrected chi connectivity index (χ3v) is 2.11. The molecular weight excluding hydrogens is 193 g/mol. The molecule has 0 spiro atoms. The van der Waals surface area contributed by atoms with Gasteiger partial charge in [-0.1, -0.05) is 11.6 Å². The number of aryl methyl sites for hydroxylation is 1. The van der Waals surface area contributed by atoms with Gasteiger partial charge in [0.05, 0.1) is 5.02 Å². The van der Waals surface area contributed by atoms with Crippen LogP contribution in [0.2, 0.25) is 5.02 Å². The van der Waals surface area contributed by atoms with Crippen LogP contribution in [-0.2, 0) is 6.54 Å². The Kier molecular flexibility index (Phi) is 3.12. The lowest BCUT2D eigenvalue weighted by Crippen LogP contribution is -2.08. The van der Waals surface area contributed by atoms with E-state index in [4.69, 9.17) is 11.6 Å². The van der Waals surface area contributed by atoms with Crippen LogP contribution in [0.3, 0.4) is 0 Å². The maximum Gasteiger partial charge on any atom is 0.141 e. The number of nitrogens with one attached hydrogen (secondary N) is 1. The molecule has 2 nitrogen and oxygen atoms in total. The van der Waals surface area contributed by atoms with Crippen LogP contribution in [0.4, 0.5) is 4.39 Å². The summed E-state index contributed by atoms with van der Waals surface area (Å²) in [7, 11) is 1.68. The molecule has 72 valence electrons. The summed E-state index contributed by atoms with van der Waals surface area (Å²) < 4.78 is 13.4. The molecule has 0 aliphatic rings. The molecule has 1 rings (SSSR count). The number of halogens is 2. The minimum absolute atomic E-state index is 0.181. The minimum atomic E-state index is -0.406. The summed E-state index contributed by atoms with van der Waals surface area (Å²) in [4.78, 5) is 0. The standard InChI is InChI=1S/C9H11ClFNO/c1-5-3-7(10)9(13)6(4-12-2)8(5)11/h3,12-13H,4H2,1-2H3. The zero-order valence-electron chi connectivity index (χ0n) is 7.49. The van der Waals surface area contributed by atoms with Crippen molar-refractivity contribution in [1.29, 1.82) is 0 Å². The van der Waals surface area contributed by atoms with Gasteiger partial charge in [-0.25, -0.2) is 4.39 Å². The van der Waals surface area contributed by atoms with Crippen molar-refractivity contribution >= 4 is 11.6 Å². The number of benzene rings is 1. The Morgan fingerprint density at radius 1 is 1.62 bits per heavy atom. The molecule has 0 bridgehead atoms. The molecule has 0 radical (unpaired) electrons. The van der Waals surface area contributed by atoms with Gasteiger partial charge < -0.3 is 10.4 Å². The maximum absolute atomic E-state index is 13.4. The van der Waals surface area contributed by atoms with Crippen LogP contribution in [-0.4, -0.2) is 12.2 Å². The van der Waals surface area contributed by atoms with Gasteiger partial charge in [0.2, 0.25) is 0 Å². The molecule has 13 heavy (non-hydrogen) atoms. The van der Waals surface area contributed by atoms with Crippen LogP contribution < -0.4 is 5.32 Å². The Hall–Kier alpha value is -0.800. The Labute approximate surface area is 81.3 Å². The predicted octanol–water partition coefficient (Wildman–Crippen LogP) is 2.21. The third-order valence-electron chi connectivity index (χ3n) is 1.82. The van der Waals surface area contributed by atoms with E-state index in [1.807, 2.05) is 0 Å². The molecule has 2 N–H and O–H groups in total. The van der Waals surface area contributed by atoms with Gasteiger partial charge in [-0.2, -0.15) is 0 Å². The normalized spacial score (nSPS) is 10.5. The largest absolute Gasteiger partial charge is 0.506 e. The first-order valence-electron chi connectivity index (χ1n) is 3.89. The van der Waals surface area contributed by atoms with Gasteiger partial charge >= 0.3 is 0 Å². The van der Waals surface area contributed by atoms with E-state index in [0.717, 1.165) is 0 Å².